The third kappa shape index (κ3) is 6.33. The van der Waals surface area contributed by atoms with Crippen molar-refractivity contribution in [1.29, 1.82) is 0 Å². The molecule has 1 atom stereocenters. The molecule has 0 aromatic heterocycles. The Morgan fingerprint density at radius 2 is 1.58 bits per heavy atom. The number of nitrogens with one attached hydrogen (secondary N) is 3. The average molecular weight is 468 g/mol. The second kappa shape index (κ2) is 10.2. The molecular formula is C24H25N3O5S. The quantitative estimate of drug-likeness (QED) is 0.464. The summed E-state index contributed by atoms with van der Waals surface area (Å²) in [5, 5.41) is 5.58. The predicted molar refractivity (Wildman–Crippen MR) is 127 cm³/mol. The summed E-state index contributed by atoms with van der Waals surface area (Å²) < 4.78 is 32.8. The minimum atomic E-state index is -3.81. The van der Waals surface area contributed by atoms with E-state index >= 15 is 0 Å². The summed E-state index contributed by atoms with van der Waals surface area (Å²) in [6, 6.07) is 19.0. The first-order valence-electron chi connectivity index (χ1n) is 10.1. The van der Waals surface area contributed by atoms with Gasteiger partial charge in [-0.1, -0.05) is 12.1 Å². The maximum Gasteiger partial charge on any atom is 0.261 e. The van der Waals surface area contributed by atoms with E-state index in [4.69, 9.17) is 4.74 Å². The molecule has 0 heterocycles. The largest absolute Gasteiger partial charge is 0.497 e. The van der Waals surface area contributed by atoms with Crippen molar-refractivity contribution < 1.29 is 22.7 Å². The van der Waals surface area contributed by atoms with Crippen LogP contribution in [0.15, 0.2) is 77.7 Å². The van der Waals surface area contributed by atoms with E-state index < -0.39 is 10.0 Å². The standard InChI is InChI=1S/C24H25N3O5S/c1-16(19-5-4-6-21(15-19)26-17(2)28)25-24(29)18-7-13-23(14-8-18)33(30,31)27-20-9-11-22(32-3)12-10-20/h4-16,27H,1-3H3,(H,25,29)(H,26,28). The van der Waals surface area contributed by atoms with E-state index in [1.54, 1.807) is 42.5 Å². The van der Waals surface area contributed by atoms with Gasteiger partial charge in [-0.15, -0.1) is 0 Å². The molecule has 3 aromatic carbocycles. The van der Waals surface area contributed by atoms with Crippen LogP contribution in [-0.4, -0.2) is 27.3 Å². The number of sulfonamides is 1. The predicted octanol–water partition coefficient (Wildman–Crippen LogP) is 3.95. The lowest BCUT2D eigenvalue weighted by atomic mass is 10.1. The lowest BCUT2D eigenvalue weighted by molar-refractivity contribution is -0.114. The van der Waals surface area contributed by atoms with E-state index in [0.717, 1.165) is 5.56 Å². The minimum absolute atomic E-state index is 0.0333. The molecule has 0 aliphatic rings. The first-order chi connectivity index (χ1) is 15.7. The number of carbonyl (C=O) groups excluding carboxylic acids is 2. The molecule has 0 radical (unpaired) electrons. The van der Waals surface area contributed by atoms with Crippen LogP contribution in [0, 0.1) is 0 Å². The molecule has 0 saturated heterocycles. The second-order valence-corrected chi connectivity index (χ2v) is 9.04. The topological polar surface area (TPSA) is 114 Å². The van der Waals surface area contributed by atoms with Crippen molar-refractivity contribution in [3.05, 3.63) is 83.9 Å². The van der Waals surface area contributed by atoms with Gasteiger partial charge >= 0.3 is 0 Å². The van der Waals surface area contributed by atoms with Crippen LogP contribution in [0.3, 0.4) is 0 Å². The van der Waals surface area contributed by atoms with Gasteiger partial charge in [0.15, 0.2) is 0 Å². The van der Waals surface area contributed by atoms with Crippen molar-refractivity contribution in [2.75, 3.05) is 17.1 Å². The number of anilines is 2. The van der Waals surface area contributed by atoms with Gasteiger partial charge in [-0.3, -0.25) is 14.3 Å². The van der Waals surface area contributed by atoms with Crippen LogP contribution < -0.4 is 20.1 Å². The third-order valence-electron chi connectivity index (χ3n) is 4.82. The highest BCUT2D eigenvalue weighted by Crippen LogP contribution is 2.21. The number of hydrogen-bond acceptors (Lipinski definition) is 5. The number of ether oxygens (including phenoxy) is 1. The fourth-order valence-corrected chi connectivity index (χ4v) is 4.17. The van der Waals surface area contributed by atoms with Gasteiger partial charge in [0.2, 0.25) is 5.91 Å². The molecule has 3 aromatic rings. The average Bonchev–Trinajstić information content (AvgIpc) is 2.79. The van der Waals surface area contributed by atoms with E-state index in [2.05, 4.69) is 15.4 Å². The van der Waals surface area contributed by atoms with Crippen LogP contribution in [0.2, 0.25) is 0 Å². The molecule has 9 heteroatoms. The molecule has 0 aliphatic carbocycles. The van der Waals surface area contributed by atoms with Crippen molar-refractivity contribution in [2.24, 2.45) is 0 Å². The minimum Gasteiger partial charge on any atom is -0.497 e. The van der Waals surface area contributed by atoms with Crippen LogP contribution >= 0.6 is 0 Å². The van der Waals surface area contributed by atoms with Crippen LogP contribution in [0.5, 0.6) is 5.75 Å². The molecule has 0 saturated carbocycles. The lowest BCUT2D eigenvalue weighted by Gasteiger charge is -2.16. The molecule has 0 fully saturated rings. The summed E-state index contributed by atoms with van der Waals surface area (Å²) >= 11 is 0. The van der Waals surface area contributed by atoms with Gasteiger partial charge in [0, 0.05) is 23.9 Å². The van der Waals surface area contributed by atoms with Crippen molar-refractivity contribution in [3.8, 4) is 5.75 Å². The molecule has 1 unspecified atom stereocenters. The third-order valence-corrected chi connectivity index (χ3v) is 6.22. The molecule has 0 spiro atoms. The zero-order valence-corrected chi connectivity index (χ0v) is 19.3. The fourth-order valence-electron chi connectivity index (χ4n) is 3.11. The summed E-state index contributed by atoms with van der Waals surface area (Å²) in [6.07, 6.45) is 0. The Kier molecular flexibility index (Phi) is 7.34. The normalized spacial score (nSPS) is 11.8. The molecule has 33 heavy (non-hydrogen) atoms. The van der Waals surface area contributed by atoms with Crippen molar-refractivity contribution >= 4 is 33.2 Å². The highest BCUT2D eigenvalue weighted by Gasteiger charge is 2.17. The summed E-state index contributed by atoms with van der Waals surface area (Å²) in [5.41, 5.74) is 2.17. The van der Waals surface area contributed by atoms with Gasteiger partial charge in [0.05, 0.1) is 18.0 Å². The van der Waals surface area contributed by atoms with E-state index in [0.29, 0.717) is 22.7 Å². The summed E-state index contributed by atoms with van der Waals surface area (Å²) in [5.74, 6) is 0.0873. The highest BCUT2D eigenvalue weighted by atomic mass is 32.2. The number of hydrogen-bond donors (Lipinski definition) is 3. The van der Waals surface area contributed by atoms with Gasteiger partial charge in [-0.05, 0) is 73.2 Å². The van der Waals surface area contributed by atoms with E-state index in [1.807, 2.05) is 13.0 Å². The zero-order valence-electron chi connectivity index (χ0n) is 18.5. The second-order valence-electron chi connectivity index (χ2n) is 7.36. The highest BCUT2D eigenvalue weighted by molar-refractivity contribution is 7.92. The van der Waals surface area contributed by atoms with Crippen LogP contribution in [0.4, 0.5) is 11.4 Å². The Labute approximate surface area is 193 Å². The number of amides is 2. The van der Waals surface area contributed by atoms with Crippen LogP contribution in [0.25, 0.3) is 0 Å². The SMILES string of the molecule is COc1ccc(NS(=O)(=O)c2ccc(C(=O)NC(C)c3cccc(NC(C)=O)c3)cc2)cc1. The smallest absolute Gasteiger partial charge is 0.261 e. The number of rotatable bonds is 8. The molecule has 3 N–H and O–H groups in total. The first-order valence-corrected chi connectivity index (χ1v) is 11.6. The first kappa shape index (κ1) is 23.8. The van der Waals surface area contributed by atoms with Gasteiger partial charge in [-0.2, -0.15) is 0 Å². The fraction of sp³-hybridized carbons (Fsp3) is 0.167. The van der Waals surface area contributed by atoms with Gasteiger partial charge in [-0.25, -0.2) is 8.42 Å². The lowest BCUT2D eigenvalue weighted by Crippen LogP contribution is -2.26. The Hall–Kier alpha value is -3.85. The Morgan fingerprint density at radius 3 is 2.18 bits per heavy atom. The molecule has 2 amide bonds. The molecule has 0 aliphatic heterocycles. The van der Waals surface area contributed by atoms with E-state index in [-0.39, 0.29) is 22.8 Å². The number of carbonyl (C=O) groups is 2. The summed E-state index contributed by atoms with van der Waals surface area (Å²) in [7, 11) is -2.28. The van der Waals surface area contributed by atoms with Gasteiger partial charge < -0.3 is 15.4 Å². The van der Waals surface area contributed by atoms with Crippen LogP contribution in [-0.2, 0) is 14.8 Å². The maximum atomic E-state index is 12.6. The monoisotopic (exact) mass is 467 g/mol. The molecule has 0 bridgehead atoms. The van der Waals surface area contributed by atoms with Crippen LogP contribution in [0.1, 0.15) is 35.8 Å². The Bertz CT molecular complexity index is 1240. The summed E-state index contributed by atoms with van der Waals surface area (Å²) in [4.78, 5) is 23.9. The van der Waals surface area contributed by atoms with Crippen molar-refractivity contribution in [1.82, 2.24) is 5.32 Å². The molecule has 8 nitrogen and oxygen atoms in total. The molecule has 3 rings (SSSR count). The zero-order chi connectivity index (χ0) is 24.0. The Morgan fingerprint density at radius 1 is 0.909 bits per heavy atom. The Balaban J connectivity index is 1.67. The van der Waals surface area contributed by atoms with Gasteiger partial charge in [0.1, 0.15) is 5.75 Å². The van der Waals surface area contributed by atoms with Crippen molar-refractivity contribution in [3.63, 3.8) is 0 Å². The molecular weight excluding hydrogens is 442 g/mol. The summed E-state index contributed by atoms with van der Waals surface area (Å²) in [6.45, 7) is 3.25. The van der Waals surface area contributed by atoms with E-state index in [9.17, 15) is 18.0 Å². The van der Waals surface area contributed by atoms with E-state index in [1.165, 1.54) is 38.3 Å². The number of methoxy groups -OCH3 is 1. The number of benzene rings is 3. The molecule has 172 valence electrons. The maximum absolute atomic E-state index is 12.6. The van der Waals surface area contributed by atoms with Gasteiger partial charge in [0.25, 0.3) is 15.9 Å². The van der Waals surface area contributed by atoms with Crippen molar-refractivity contribution in [2.45, 2.75) is 24.8 Å².